The number of carbonyl (C=O) groups excluding carboxylic acids is 1. The summed E-state index contributed by atoms with van der Waals surface area (Å²) in [5.41, 5.74) is 1.33. The number of para-hydroxylation sites is 1. The number of hydrogen-bond acceptors (Lipinski definition) is 6. The van der Waals surface area contributed by atoms with Crippen molar-refractivity contribution < 1.29 is 14.3 Å². The third-order valence-electron chi connectivity index (χ3n) is 3.50. The maximum Gasteiger partial charge on any atom is 0.340 e. The molecule has 28 heavy (non-hydrogen) atoms. The van der Waals surface area contributed by atoms with E-state index in [1.54, 1.807) is 35.9 Å². The number of esters is 1. The quantitative estimate of drug-likeness (QED) is 0.199. The number of hydrogen-bond donors (Lipinski definition) is 0. The molecule has 0 saturated carbocycles. The van der Waals surface area contributed by atoms with Crippen molar-refractivity contribution in [2.24, 2.45) is 0 Å². The van der Waals surface area contributed by atoms with Crippen LogP contribution in [-0.4, -0.2) is 35.7 Å². The molecule has 0 atom stereocenters. The zero-order chi connectivity index (χ0) is 20.0. The lowest BCUT2D eigenvalue weighted by molar-refractivity contribution is -0.136. The van der Waals surface area contributed by atoms with E-state index in [2.05, 4.69) is 11.6 Å². The Hall–Kier alpha value is -2.18. The molecule has 0 aliphatic heterocycles. The average Bonchev–Trinajstić information content (AvgIpc) is 2.73. The molecule has 0 N–H and O–H groups in total. The van der Waals surface area contributed by atoms with Crippen LogP contribution >= 0.6 is 23.5 Å². The second kappa shape index (κ2) is 13.1. The summed E-state index contributed by atoms with van der Waals surface area (Å²) in [5, 5.41) is 0. The van der Waals surface area contributed by atoms with Crippen LogP contribution < -0.4 is 4.74 Å². The normalized spacial score (nSPS) is 11.5. The minimum atomic E-state index is -0.324. The summed E-state index contributed by atoms with van der Waals surface area (Å²) in [6, 6.07) is 13.5. The molecule has 1 aromatic heterocycles. The Morgan fingerprint density at radius 3 is 2.68 bits per heavy atom. The van der Waals surface area contributed by atoms with E-state index in [4.69, 9.17) is 9.47 Å². The van der Waals surface area contributed by atoms with Crippen LogP contribution in [0.25, 0.3) is 5.57 Å². The lowest BCUT2D eigenvalue weighted by atomic mass is 10.1. The van der Waals surface area contributed by atoms with Gasteiger partial charge in [-0.25, -0.2) is 4.79 Å². The molecule has 0 aliphatic carbocycles. The number of aromatic nitrogens is 1. The molecule has 148 valence electrons. The van der Waals surface area contributed by atoms with Gasteiger partial charge < -0.3 is 9.47 Å². The van der Waals surface area contributed by atoms with Gasteiger partial charge in [-0.1, -0.05) is 30.3 Å². The molecule has 0 aliphatic rings. The van der Waals surface area contributed by atoms with Crippen LogP contribution in [-0.2, 0) is 9.53 Å². The first-order chi connectivity index (χ1) is 13.8. The van der Waals surface area contributed by atoms with E-state index in [1.807, 2.05) is 55.5 Å². The molecule has 6 heteroatoms. The lowest BCUT2D eigenvalue weighted by Crippen LogP contribution is -2.09. The molecule has 2 rings (SSSR count). The predicted molar refractivity (Wildman–Crippen MR) is 119 cm³/mol. The Kier molecular flexibility index (Phi) is 10.3. The van der Waals surface area contributed by atoms with Gasteiger partial charge in [-0.15, -0.1) is 30.1 Å². The minimum absolute atomic E-state index is 0.324. The minimum Gasteiger partial charge on any atom is -0.494 e. The molecule has 0 bridgehead atoms. The molecule has 1 heterocycles. The molecular formula is C22H25NO3S2. The van der Waals surface area contributed by atoms with E-state index in [-0.39, 0.29) is 5.97 Å². The van der Waals surface area contributed by atoms with Gasteiger partial charge in [-0.3, -0.25) is 4.98 Å². The third-order valence-corrected chi connectivity index (χ3v) is 6.03. The molecule has 2 aromatic rings. The SMILES string of the molecule is C=CCSC(SCCCOc1ccccc1)=C(C(=O)OCC)c1cccnc1. The van der Waals surface area contributed by atoms with E-state index < -0.39 is 0 Å². The topological polar surface area (TPSA) is 48.4 Å². The molecule has 0 spiro atoms. The number of rotatable bonds is 12. The summed E-state index contributed by atoms with van der Waals surface area (Å²) in [7, 11) is 0. The number of pyridine rings is 1. The zero-order valence-electron chi connectivity index (χ0n) is 16.0. The summed E-state index contributed by atoms with van der Waals surface area (Å²) in [5.74, 6) is 2.09. The molecular weight excluding hydrogens is 390 g/mol. The number of benzene rings is 1. The van der Waals surface area contributed by atoms with Gasteiger partial charge in [0.15, 0.2) is 0 Å². The highest BCUT2D eigenvalue weighted by molar-refractivity contribution is 8.22. The molecule has 0 fully saturated rings. The van der Waals surface area contributed by atoms with Crippen LogP contribution in [0.5, 0.6) is 5.75 Å². The van der Waals surface area contributed by atoms with Crippen LogP contribution in [0.15, 0.2) is 71.8 Å². The van der Waals surface area contributed by atoms with Crippen molar-refractivity contribution >= 4 is 35.1 Å². The average molecular weight is 416 g/mol. The third kappa shape index (κ3) is 7.44. The van der Waals surface area contributed by atoms with Gasteiger partial charge in [0.1, 0.15) is 5.75 Å². The Labute approximate surface area is 175 Å². The first-order valence-electron chi connectivity index (χ1n) is 9.12. The molecule has 4 nitrogen and oxygen atoms in total. The molecule has 0 unspecified atom stereocenters. The van der Waals surface area contributed by atoms with Crippen molar-refractivity contribution in [1.82, 2.24) is 4.98 Å². The van der Waals surface area contributed by atoms with Gasteiger partial charge in [0.05, 0.1) is 23.0 Å². The summed E-state index contributed by atoms with van der Waals surface area (Å²) >= 11 is 3.23. The summed E-state index contributed by atoms with van der Waals surface area (Å²) in [6.45, 7) is 6.55. The largest absolute Gasteiger partial charge is 0.494 e. The van der Waals surface area contributed by atoms with Gasteiger partial charge in [0, 0.05) is 29.5 Å². The zero-order valence-corrected chi connectivity index (χ0v) is 17.6. The molecule has 0 saturated heterocycles. The van der Waals surface area contributed by atoms with Gasteiger partial charge in [0.2, 0.25) is 0 Å². The van der Waals surface area contributed by atoms with Crippen molar-refractivity contribution in [3.63, 3.8) is 0 Å². The highest BCUT2D eigenvalue weighted by atomic mass is 32.2. The standard InChI is InChI=1S/C22H25NO3S2/c1-3-15-27-22(28-16-9-14-26-19-11-6-5-7-12-19)20(21(24)25-4-2)18-10-8-13-23-17-18/h3,5-8,10-13,17H,1,4,9,14-16H2,2H3. The second-order valence-electron chi connectivity index (χ2n) is 5.59. The van der Waals surface area contributed by atoms with Crippen LogP contribution in [0, 0.1) is 0 Å². The van der Waals surface area contributed by atoms with Crippen molar-refractivity contribution in [2.45, 2.75) is 13.3 Å². The molecule has 0 amide bonds. The molecule has 1 aromatic carbocycles. The first-order valence-corrected chi connectivity index (χ1v) is 11.1. The summed E-state index contributed by atoms with van der Waals surface area (Å²) in [6.07, 6.45) is 6.08. The number of nitrogens with zero attached hydrogens (tertiary/aromatic N) is 1. The Morgan fingerprint density at radius 2 is 2.00 bits per heavy atom. The summed E-state index contributed by atoms with van der Waals surface area (Å²) in [4.78, 5) is 16.8. The Bertz CT molecular complexity index is 764. The van der Waals surface area contributed by atoms with Crippen LogP contribution in [0.3, 0.4) is 0 Å². The van der Waals surface area contributed by atoms with Gasteiger partial charge >= 0.3 is 5.97 Å². The van der Waals surface area contributed by atoms with E-state index in [0.717, 1.165) is 27.7 Å². The smallest absolute Gasteiger partial charge is 0.340 e. The summed E-state index contributed by atoms with van der Waals surface area (Å²) < 4.78 is 12.0. The van der Waals surface area contributed by atoms with Gasteiger partial charge in [-0.05, 0) is 31.5 Å². The van der Waals surface area contributed by atoms with Crippen molar-refractivity contribution in [2.75, 3.05) is 24.7 Å². The highest BCUT2D eigenvalue weighted by Gasteiger charge is 2.20. The number of ether oxygens (including phenoxy) is 2. The van der Waals surface area contributed by atoms with Gasteiger partial charge in [-0.2, -0.15) is 0 Å². The van der Waals surface area contributed by atoms with E-state index in [0.29, 0.717) is 24.5 Å². The number of carbonyl (C=O) groups is 1. The van der Waals surface area contributed by atoms with Crippen LogP contribution in [0.4, 0.5) is 0 Å². The Morgan fingerprint density at radius 1 is 1.18 bits per heavy atom. The number of thioether (sulfide) groups is 2. The van der Waals surface area contributed by atoms with E-state index in [1.165, 1.54) is 0 Å². The monoisotopic (exact) mass is 415 g/mol. The first kappa shape index (κ1) is 22.1. The maximum atomic E-state index is 12.6. The predicted octanol–water partition coefficient (Wildman–Crippen LogP) is 5.43. The Balaban J connectivity index is 2.08. The lowest BCUT2D eigenvalue weighted by Gasteiger charge is -2.14. The van der Waals surface area contributed by atoms with Crippen LogP contribution in [0.1, 0.15) is 18.9 Å². The van der Waals surface area contributed by atoms with Crippen molar-refractivity contribution in [1.29, 1.82) is 0 Å². The fourth-order valence-electron chi connectivity index (χ4n) is 2.28. The fraction of sp³-hybridized carbons (Fsp3) is 0.273. The van der Waals surface area contributed by atoms with Crippen LogP contribution in [0.2, 0.25) is 0 Å². The second-order valence-corrected chi connectivity index (χ2v) is 7.98. The highest BCUT2D eigenvalue weighted by Crippen LogP contribution is 2.37. The van der Waals surface area contributed by atoms with Gasteiger partial charge in [0.25, 0.3) is 0 Å². The maximum absolute atomic E-state index is 12.6. The van der Waals surface area contributed by atoms with E-state index >= 15 is 0 Å². The fourth-order valence-corrected chi connectivity index (χ4v) is 4.48. The molecule has 0 radical (unpaired) electrons. The van der Waals surface area contributed by atoms with Crippen molar-refractivity contribution in [3.05, 3.63) is 77.3 Å². The van der Waals surface area contributed by atoms with E-state index in [9.17, 15) is 4.79 Å². The van der Waals surface area contributed by atoms with Crippen molar-refractivity contribution in [3.8, 4) is 5.75 Å².